The van der Waals surface area contributed by atoms with Crippen LogP contribution in [0.2, 0.25) is 0 Å². The van der Waals surface area contributed by atoms with E-state index in [0.29, 0.717) is 17.0 Å². The Kier molecular flexibility index (Phi) is 6.14. The standard InChI is InChI=1S/C18H12F3N7O.C2H6/c19-18(20,21)14-5-1-3-11(25-14)16-26-17(13-4-2-8-28(13)27-16)24-10-6-7-23-12(9-10)15(22)29;1-2/h1-9H,(H2,22,29)(H,23,24,26,27);1-2H3. The van der Waals surface area contributed by atoms with E-state index in [2.05, 4.69) is 25.4 Å². The van der Waals surface area contributed by atoms with Gasteiger partial charge in [0.15, 0.2) is 5.82 Å². The van der Waals surface area contributed by atoms with E-state index in [9.17, 15) is 18.0 Å². The number of aromatic nitrogens is 5. The third kappa shape index (κ3) is 4.77. The largest absolute Gasteiger partial charge is 0.433 e. The van der Waals surface area contributed by atoms with Crippen molar-refractivity contribution < 1.29 is 18.0 Å². The molecule has 31 heavy (non-hydrogen) atoms. The van der Waals surface area contributed by atoms with Gasteiger partial charge in [-0.25, -0.2) is 14.5 Å². The number of nitrogens with zero attached hydrogens (tertiary/aromatic N) is 5. The van der Waals surface area contributed by atoms with Gasteiger partial charge >= 0.3 is 6.18 Å². The van der Waals surface area contributed by atoms with Gasteiger partial charge < -0.3 is 11.1 Å². The Morgan fingerprint density at radius 3 is 2.58 bits per heavy atom. The van der Waals surface area contributed by atoms with Crippen LogP contribution in [0, 0.1) is 0 Å². The van der Waals surface area contributed by atoms with E-state index in [1.54, 1.807) is 24.4 Å². The number of anilines is 2. The molecule has 4 rings (SSSR count). The molecule has 0 aliphatic carbocycles. The Balaban J connectivity index is 0.00000132. The lowest BCUT2D eigenvalue weighted by molar-refractivity contribution is -0.141. The van der Waals surface area contributed by atoms with Gasteiger partial charge in [-0.1, -0.05) is 19.9 Å². The molecule has 4 aromatic heterocycles. The molecule has 3 N–H and O–H groups in total. The lowest BCUT2D eigenvalue weighted by atomic mass is 10.3. The fraction of sp³-hybridized carbons (Fsp3) is 0.150. The maximum Gasteiger partial charge on any atom is 0.433 e. The van der Waals surface area contributed by atoms with Crippen molar-refractivity contribution in [3.05, 3.63) is 66.2 Å². The number of fused-ring (bicyclic) bond motifs is 1. The molecular weight excluding hydrogens is 411 g/mol. The molecule has 0 aromatic carbocycles. The molecular formula is C20H18F3N7O. The summed E-state index contributed by atoms with van der Waals surface area (Å²) >= 11 is 0. The van der Waals surface area contributed by atoms with Crippen LogP contribution >= 0.6 is 0 Å². The number of hydrogen-bond donors (Lipinski definition) is 2. The average molecular weight is 429 g/mol. The van der Waals surface area contributed by atoms with Crippen molar-refractivity contribution in [2.24, 2.45) is 5.73 Å². The summed E-state index contributed by atoms with van der Waals surface area (Å²) < 4.78 is 40.4. The second-order valence-corrected chi connectivity index (χ2v) is 5.95. The van der Waals surface area contributed by atoms with Crippen LogP contribution in [0.15, 0.2) is 54.9 Å². The molecule has 0 atom stereocenters. The van der Waals surface area contributed by atoms with E-state index in [0.717, 1.165) is 6.07 Å². The highest BCUT2D eigenvalue weighted by molar-refractivity contribution is 5.92. The molecule has 4 aromatic rings. The molecule has 0 aliphatic heterocycles. The Morgan fingerprint density at radius 1 is 1.10 bits per heavy atom. The number of nitrogens with one attached hydrogen (secondary N) is 1. The van der Waals surface area contributed by atoms with Gasteiger partial charge in [-0.2, -0.15) is 13.2 Å². The highest BCUT2D eigenvalue weighted by Gasteiger charge is 2.32. The van der Waals surface area contributed by atoms with Crippen molar-refractivity contribution in [2.45, 2.75) is 20.0 Å². The van der Waals surface area contributed by atoms with Crippen molar-refractivity contribution in [2.75, 3.05) is 5.32 Å². The second kappa shape index (κ2) is 8.78. The number of rotatable bonds is 4. The van der Waals surface area contributed by atoms with Crippen LogP contribution in [-0.2, 0) is 6.18 Å². The summed E-state index contributed by atoms with van der Waals surface area (Å²) in [4.78, 5) is 23.1. The minimum Gasteiger partial charge on any atom is -0.364 e. The van der Waals surface area contributed by atoms with Gasteiger partial charge in [-0.15, -0.1) is 5.10 Å². The summed E-state index contributed by atoms with van der Waals surface area (Å²) in [6.07, 6.45) is -1.56. The molecule has 160 valence electrons. The average Bonchev–Trinajstić information content (AvgIpc) is 3.24. The van der Waals surface area contributed by atoms with Crippen molar-refractivity contribution in [3.63, 3.8) is 0 Å². The fourth-order valence-corrected chi connectivity index (χ4v) is 2.63. The second-order valence-electron chi connectivity index (χ2n) is 5.95. The Hall–Kier alpha value is -4.02. The molecule has 1 amide bonds. The summed E-state index contributed by atoms with van der Waals surface area (Å²) in [6.45, 7) is 4.00. The Bertz CT molecular complexity index is 1220. The maximum atomic E-state index is 13.0. The molecule has 0 aliphatic rings. The Labute approximate surface area is 175 Å². The summed E-state index contributed by atoms with van der Waals surface area (Å²) in [6, 6.07) is 9.97. The first-order chi connectivity index (χ1) is 14.8. The van der Waals surface area contributed by atoms with E-state index < -0.39 is 17.8 Å². The minimum atomic E-state index is -4.59. The topological polar surface area (TPSA) is 111 Å². The van der Waals surface area contributed by atoms with Crippen molar-refractivity contribution in [1.82, 2.24) is 24.6 Å². The number of carbonyl (C=O) groups excluding carboxylic acids is 1. The first kappa shape index (κ1) is 21.7. The predicted molar refractivity (Wildman–Crippen MR) is 109 cm³/mol. The molecule has 0 fully saturated rings. The van der Waals surface area contributed by atoms with Crippen LogP contribution in [-0.4, -0.2) is 30.5 Å². The van der Waals surface area contributed by atoms with Gasteiger partial charge in [0.2, 0.25) is 5.82 Å². The molecule has 0 saturated heterocycles. The molecule has 0 unspecified atom stereocenters. The Morgan fingerprint density at radius 2 is 1.87 bits per heavy atom. The number of hydrogen-bond acceptors (Lipinski definition) is 6. The summed E-state index contributed by atoms with van der Waals surface area (Å²) in [7, 11) is 0. The smallest absolute Gasteiger partial charge is 0.364 e. The summed E-state index contributed by atoms with van der Waals surface area (Å²) in [5, 5.41) is 7.24. The van der Waals surface area contributed by atoms with Gasteiger partial charge in [-0.3, -0.25) is 9.78 Å². The quantitative estimate of drug-likeness (QED) is 0.506. The van der Waals surface area contributed by atoms with E-state index in [1.807, 2.05) is 13.8 Å². The zero-order chi connectivity index (χ0) is 22.6. The first-order valence-corrected chi connectivity index (χ1v) is 9.24. The van der Waals surface area contributed by atoms with Crippen LogP contribution in [0.25, 0.3) is 17.0 Å². The van der Waals surface area contributed by atoms with Gasteiger partial charge in [0.25, 0.3) is 5.91 Å². The normalized spacial score (nSPS) is 11.0. The molecule has 0 saturated carbocycles. The number of pyridine rings is 2. The molecule has 0 radical (unpaired) electrons. The van der Waals surface area contributed by atoms with Gasteiger partial charge in [0.1, 0.15) is 22.6 Å². The van der Waals surface area contributed by atoms with Crippen molar-refractivity contribution in [3.8, 4) is 11.5 Å². The third-order valence-electron chi connectivity index (χ3n) is 3.93. The fourth-order valence-electron chi connectivity index (χ4n) is 2.63. The number of alkyl halides is 3. The van der Waals surface area contributed by atoms with Crippen LogP contribution in [0.4, 0.5) is 24.7 Å². The van der Waals surface area contributed by atoms with E-state index in [1.165, 1.54) is 28.9 Å². The summed E-state index contributed by atoms with van der Waals surface area (Å²) in [5.41, 5.74) is 5.25. The van der Waals surface area contributed by atoms with Crippen LogP contribution in [0.3, 0.4) is 0 Å². The number of amides is 1. The zero-order valence-corrected chi connectivity index (χ0v) is 16.6. The van der Waals surface area contributed by atoms with Gasteiger partial charge in [0.05, 0.1) is 0 Å². The molecule has 11 heteroatoms. The van der Waals surface area contributed by atoms with E-state index >= 15 is 0 Å². The molecule has 0 spiro atoms. The third-order valence-corrected chi connectivity index (χ3v) is 3.93. The van der Waals surface area contributed by atoms with Crippen LogP contribution in [0.1, 0.15) is 30.0 Å². The summed E-state index contributed by atoms with van der Waals surface area (Å²) in [5.74, 6) is -0.398. The first-order valence-electron chi connectivity index (χ1n) is 9.24. The molecule has 4 heterocycles. The highest BCUT2D eigenvalue weighted by atomic mass is 19.4. The maximum absolute atomic E-state index is 13.0. The van der Waals surface area contributed by atoms with Crippen LogP contribution < -0.4 is 11.1 Å². The van der Waals surface area contributed by atoms with E-state index in [-0.39, 0.29) is 17.2 Å². The number of halogens is 3. The van der Waals surface area contributed by atoms with E-state index in [4.69, 9.17) is 5.73 Å². The van der Waals surface area contributed by atoms with Crippen molar-refractivity contribution >= 4 is 22.9 Å². The number of nitrogens with two attached hydrogens (primary N) is 1. The lowest BCUT2D eigenvalue weighted by Crippen LogP contribution is -2.13. The number of primary amides is 1. The SMILES string of the molecule is CC.NC(=O)c1cc(Nc2nc(-c3cccc(C(F)(F)F)n3)nn3cccc23)ccn1. The van der Waals surface area contributed by atoms with Crippen molar-refractivity contribution in [1.29, 1.82) is 0 Å². The monoisotopic (exact) mass is 429 g/mol. The molecule has 8 nitrogen and oxygen atoms in total. The number of carbonyl (C=O) groups is 1. The minimum absolute atomic E-state index is 0.00789. The zero-order valence-electron chi connectivity index (χ0n) is 16.6. The molecule has 0 bridgehead atoms. The van der Waals surface area contributed by atoms with Crippen LogP contribution in [0.5, 0.6) is 0 Å². The lowest BCUT2D eigenvalue weighted by Gasteiger charge is -2.11. The van der Waals surface area contributed by atoms with Gasteiger partial charge in [-0.05, 0) is 36.4 Å². The van der Waals surface area contributed by atoms with Gasteiger partial charge in [0, 0.05) is 18.1 Å². The highest BCUT2D eigenvalue weighted by Crippen LogP contribution is 2.29. The predicted octanol–water partition coefficient (Wildman–Crippen LogP) is 4.07.